The molecule has 0 bridgehead atoms. The zero-order valence-electron chi connectivity index (χ0n) is 11.5. The molecule has 0 amide bonds. The molecule has 1 fully saturated rings. The van der Waals surface area contributed by atoms with Crippen molar-refractivity contribution in [2.75, 3.05) is 0 Å². The predicted molar refractivity (Wildman–Crippen MR) is 75.3 cm³/mol. The minimum Gasteiger partial charge on any atom is -0.337 e. The zero-order chi connectivity index (χ0) is 14.9. The van der Waals surface area contributed by atoms with Crippen molar-refractivity contribution in [2.24, 2.45) is 5.73 Å². The van der Waals surface area contributed by atoms with Crippen molar-refractivity contribution in [3.05, 3.63) is 40.3 Å². The highest BCUT2D eigenvalue weighted by Crippen LogP contribution is 2.35. The third-order valence-electron chi connectivity index (χ3n) is 3.94. The third-order valence-corrected chi connectivity index (χ3v) is 3.94. The van der Waals surface area contributed by atoms with Crippen molar-refractivity contribution in [1.29, 1.82) is 0 Å². The Morgan fingerprint density at radius 1 is 1.24 bits per heavy atom. The number of nitro benzene ring substituents is 1. The van der Waals surface area contributed by atoms with Crippen LogP contribution in [0.25, 0.3) is 11.4 Å². The van der Waals surface area contributed by atoms with E-state index in [1.807, 2.05) is 0 Å². The molecule has 0 spiro atoms. The number of para-hydroxylation sites is 1. The van der Waals surface area contributed by atoms with Crippen molar-refractivity contribution in [1.82, 2.24) is 10.1 Å². The standard InChI is InChI=1S/C14H16N4O3/c15-14(8-4-1-5-9-14)13-16-12(17-21-13)10-6-2-3-7-11(10)18(19)20/h2-3,6-7H,1,4-5,8-9,15H2. The monoisotopic (exact) mass is 288 g/mol. The van der Waals surface area contributed by atoms with E-state index in [4.69, 9.17) is 10.3 Å². The fourth-order valence-electron chi connectivity index (χ4n) is 2.75. The lowest BCUT2D eigenvalue weighted by Crippen LogP contribution is -2.38. The summed E-state index contributed by atoms with van der Waals surface area (Å²) >= 11 is 0. The first-order valence-electron chi connectivity index (χ1n) is 6.97. The molecular weight excluding hydrogens is 272 g/mol. The zero-order valence-corrected chi connectivity index (χ0v) is 11.5. The van der Waals surface area contributed by atoms with Gasteiger partial charge in [0.2, 0.25) is 11.7 Å². The highest BCUT2D eigenvalue weighted by Gasteiger charge is 2.35. The molecule has 0 radical (unpaired) electrons. The summed E-state index contributed by atoms with van der Waals surface area (Å²) in [5.41, 5.74) is 6.04. The molecule has 1 aliphatic carbocycles. The van der Waals surface area contributed by atoms with Crippen LogP contribution in [0.3, 0.4) is 0 Å². The quantitative estimate of drug-likeness (QED) is 0.687. The van der Waals surface area contributed by atoms with Crippen LogP contribution in [0, 0.1) is 10.1 Å². The van der Waals surface area contributed by atoms with Gasteiger partial charge in [-0.3, -0.25) is 10.1 Å². The molecule has 1 heterocycles. The van der Waals surface area contributed by atoms with Gasteiger partial charge in [0, 0.05) is 6.07 Å². The number of rotatable bonds is 3. The number of hydrogen-bond donors (Lipinski definition) is 1. The lowest BCUT2D eigenvalue weighted by Gasteiger charge is -2.29. The first-order valence-corrected chi connectivity index (χ1v) is 6.97. The Morgan fingerprint density at radius 3 is 2.67 bits per heavy atom. The van der Waals surface area contributed by atoms with Crippen LogP contribution in [-0.2, 0) is 5.54 Å². The Balaban J connectivity index is 1.97. The molecule has 110 valence electrons. The lowest BCUT2D eigenvalue weighted by molar-refractivity contribution is -0.384. The van der Waals surface area contributed by atoms with Gasteiger partial charge >= 0.3 is 0 Å². The van der Waals surface area contributed by atoms with Gasteiger partial charge in [-0.05, 0) is 18.9 Å². The minimum absolute atomic E-state index is 0.0421. The van der Waals surface area contributed by atoms with Crippen molar-refractivity contribution >= 4 is 5.69 Å². The van der Waals surface area contributed by atoms with Crippen molar-refractivity contribution in [3.63, 3.8) is 0 Å². The molecule has 2 aromatic rings. The van der Waals surface area contributed by atoms with Crippen LogP contribution in [-0.4, -0.2) is 15.1 Å². The molecule has 0 saturated heterocycles. The lowest BCUT2D eigenvalue weighted by atomic mass is 9.82. The maximum Gasteiger partial charge on any atom is 0.280 e. The molecule has 1 aromatic heterocycles. The van der Waals surface area contributed by atoms with E-state index in [1.165, 1.54) is 6.07 Å². The van der Waals surface area contributed by atoms with Gasteiger partial charge in [0.05, 0.1) is 10.5 Å². The second-order valence-electron chi connectivity index (χ2n) is 5.41. The summed E-state index contributed by atoms with van der Waals surface area (Å²) in [4.78, 5) is 14.9. The molecule has 0 atom stereocenters. The van der Waals surface area contributed by atoms with Crippen LogP contribution in [0.5, 0.6) is 0 Å². The van der Waals surface area contributed by atoms with Crippen LogP contribution in [0.15, 0.2) is 28.8 Å². The summed E-state index contributed by atoms with van der Waals surface area (Å²) in [6.07, 6.45) is 4.81. The van der Waals surface area contributed by atoms with Crippen molar-refractivity contribution in [3.8, 4) is 11.4 Å². The number of aromatic nitrogens is 2. The van der Waals surface area contributed by atoms with Gasteiger partial charge in [-0.25, -0.2) is 0 Å². The Hall–Kier alpha value is -2.28. The summed E-state index contributed by atoms with van der Waals surface area (Å²) in [5.74, 6) is 0.586. The fraction of sp³-hybridized carbons (Fsp3) is 0.429. The number of nitrogens with two attached hydrogens (primary N) is 1. The Kier molecular flexibility index (Phi) is 3.42. The molecule has 1 saturated carbocycles. The molecule has 21 heavy (non-hydrogen) atoms. The summed E-state index contributed by atoms with van der Waals surface area (Å²) in [6, 6.07) is 6.34. The van der Waals surface area contributed by atoms with Crippen LogP contribution >= 0.6 is 0 Å². The largest absolute Gasteiger partial charge is 0.337 e. The smallest absolute Gasteiger partial charge is 0.280 e. The van der Waals surface area contributed by atoms with Gasteiger partial charge in [0.1, 0.15) is 5.56 Å². The molecule has 0 aliphatic heterocycles. The van der Waals surface area contributed by atoms with Crippen molar-refractivity contribution < 1.29 is 9.45 Å². The molecule has 0 unspecified atom stereocenters. The number of nitrogens with zero attached hydrogens (tertiary/aromatic N) is 3. The van der Waals surface area contributed by atoms with E-state index in [0.717, 1.165) is 32.1 Å². The topological polar surface area (TPSA) is 108 Å². The van der Waals surface area contributed by atoms with Gasteiger partial charge in [-0.1, -0.05) is 36.6 Å². The van der Waals surface area contributed by atoms with Gasteiger partial charge in [0.25, 0.3) is 5.69 Å². The first-order chi connectivity index (χ1) is 10.1. The highest BCUT2D eigenvalue weighted by molar-refractivity contribution is 5.67. The SMILES string of the molecule is NC1(c2nc(-c3ccccc3[N+](=O)[O-])no2)CCCCC1. The van der Waals surface area contributed by atoms with Gasteiger partial charge in [-0.15, -0.1) is 0 Å². The van der Waals surface area contributed by atoms with E-state index >= 15 is 0 Å². The summed E-state index contributed by atoms with van der Waals surface area (Å²) in [7, 11) is 0. The molecule has 2 N–H and O–H groups in total. The van der Waals surface area contributed by atoms with E-state index in [1.54, 1.807) is 18.2 Å². The predicted octanol–water partition coefficient (Wildman–Crippen LogP) is 2.76. The van der Waals surface area contributed by atoms with Crippen LogP contribution in [0.2, 0.25) is 0 Å². The summed E-state index contributed by atoms with van der Waals surface area (Å²) in [6.45, 7) is 0. The Bertz CT molecular complexity index is 662. The number of nitro groups is 1. The normalized spacial score (nSPS) is 17.6. The Morgan fingerprint density at radius 2 is 1.95 bits per heavy atom. The van der Waals surface area contributed by atoms with Gasteiger partial charge in [-0.2, -0.15) is 4.98 Å². The molecule has 1 aliphatic rings. The molecule has 1 aromatic carbocycles. The van der Waals surface area contributed by atoms with E-state index in [2.05, 4.69) is 10.1 Å². The van der Waals surface area contributed by atoms with Crippen LogP contribution < -0.4 is 5.73 Å². The number of hydrogen-bond acceptors (Lipinski definition) is 6. The second kappa shape index (κ2) is 5.25. The molecule has 3 rings (SSSR count). The second-order valence-corrected chi connectivity index (χ2v) is 5.41. The van der Waals surface area contributed by atoms with E-state index in [0.29, 0.717) is 11.5 Å². The van der Waals surface area contributed by atoms with Crippen LogP contribution in [0.4, 0.5) is 5.69 Å². The van der Waals surface area contributed by atoms with Gasteiger partial charge < -0.3 is 10.3 Å². The van der Waals surface area contributed by atoms with E-state index in [9.17, 15) is 10.1 Å². The van der Waals surface area contributed by atoms with Crippen LogP contribution in [0.1, 0.15) is 38.0 Å². The van der Waals surface area contributed by atoms with Crippen molar-refractivity contribution in [2.45, 2.75) is 37.6 Å². The average molecular weight is 288 g/mol. The maximum atomic E-state index is 11.1. The minimum atomic E-state index is -0.604. The molecule has 7 heteroatoms. The summed E-state index contributed by atoms with van der Waals surface area (Å²) in [5, 5.41) is 14.9. The van der Waals surface area contributed by atoms with Gasteiger partial charge in [0.15, 0.2) is 0 Å². The average Bonchev–Trinajstić information content (AvgIpc) is 2.98. The number of benzene rings is 1. The molecule has 7 nitrogen and oxygen atoms in total. The maximum absolute atomic E-state index is 11.1. The fourth-order valence-corrected chi connectivity index (χ4v) is 2.75. The van der Waals surface area contributed by atoms with E-state index < -0.39 is 10.5 Å². The molecular formula is C14H16N4O3. The highest BCUT2D eigenvalue weighted by atomic mass is 16.6. The Labute approximate surface area is 121 Å². The van der Waals surface area contributed by atoms with E-state index in [-0.39, 0.29) is 11.5 Å². The first kappa shape index (κ1) is 13.7. The third kappa shape index (κ3) is 2.52. The summed E-state index contributed by atoms with van der Waals surface area (Å²) < 4.78 is 5.29.